The molecule has 2 rings (SSSR count). The molecule has 1 atom stereocenters. The SMILES string of the molecule is CCC(CC)C(CNC(=O)Nc1cccc(COC)c1)N1CCOCC1. The molecule has 0 radical (unpaired) electrons. The highest BCUT2D eigenvalue weighted by atomic mass is 16.5. The number of morpholine rings is 1. The van der Waals surface area contributed by atoms with E-state index in [1.807, 2.05) is 24.3 Å². The van der Waals surface area contributed by atoms with Gasteiger partial charge in [0.1, 0.15) is 0 Å². The Labute approximate surface area is 157 Å². The Kier molecular flexibility index (Phi) is 8.88. The molecule has 0 saturated carbocycles. The molecule has 2 N–H and O–H groups in total. The van der Waals surface area contributed by atoms with Crippen LogP contribution in [0.5, 0.6) is 0 Å². The maximum atomic E-state index is 12.4. The second-order valence-electron chi connectivity index (χ2n) is 6.76. The zero-order valence-electron chi connectivity index (χ0n) is 16.3. The summed E-state index contributed by atoms with van der Waals surface area (Å²) in [4.78, 5) is 14.8. The van der Waals surface area contributed by atoms with Crippen LogP contribution < -0.4 is 10.6 Å². The molecular weight excluding hydrogens is 330 g/mol. The van der Waals surface area contributed by atoms with Crippen LogP contribution in [0.3, 0.4) is 0 Å². The number of nitrogens with zero attached hydrogens (tertiary/aromatic N) is 1. The Balaban J connectivity index is 1.92. The molecule has 1 saturated heterocycles. The van der Waals surface area contributed by atoms with E-state index >= 15 is 0 Å². The van der Waals surface area contributed by atoms with Gasteiger partial charge in [-0.15, -0.1) is 0 Å². The first-order valence-corrected chi connectivity index (χ1v) is 9.62. The molecule has 1 aliphatic heterocycles. The van der Waals surface area contributed by atoms with Crippen molar-refractivity contribution < 1.29 is 14.3 Å². The number of amides is 2. The first-order valence-electron chi connectivity index (χ1n) is 9.62. The molecule has 1 aliphatic rings. The summed E-state index contributed by atoms with van der Waals surface area (Å²) in [5, 5.41) is 5.99. The Bertz CT molecular complexity index is 543. The number of hydrogen-bond donors (Lipinski definition) is 2. The number of hydrogen-bond acceptors (Lipinski definition) is 4. The van der Waals surface area contributed by atoms with E-state index in [9.17, 15) is 4.79 Å². The molecule has 2 amide bonds. The first kappa shape index (κ1) is 20.7. The normalized spacial score (nSPS) is 16.5. The maximum absolute atomic E-state index is 12.4. The Morgan fingerprint density at radius 1 is 1.27 bits per heavy atom. The lowest BCUT2D eigenvalue weighted by molar-refractivity contribution is 0.00247. The van der Waals surface area contributed by atoms with Crippen LogP contribution >= 0.6 is 0 Å². The van der Waals surface area contributed by atoms with Gasteiger partial charge in [0.15, 0.2) is 0 Å². The van der Waals surface area contributed by atoms with Crippen molar-refractivity contribution in [2.24, 2.45) is 5.92 Å². The summed E-state index contributed by atoms with van der Waals surface area (Å²) in [6.45, 7) is 9.05. The van der Waals surface area contributed by atoms with E-state index in [0.29, 0.717) is 25.1 Å². The van der Waals surface area contributed by atoms with Gasteiger partial charge in [-0.3, -0.25) is 4.90 Å². The topological polar surface area (TPSA) is 62.8 Å². The van der Waals surface area contributed by atoms with Crippen LogP contribution in [-0.4, -0.2) is 56.9 Å². The van der Waals surface area contributed by atoms with Crippen molar-refractivity contribution >= 4 is 11.7 Å². The third-order valence-electron chi connectivity index (χ3n) is 5.08. The molecule has 146 valence electrons. The first-order chi connectivity index (χ1) is 12.7. The lowest BCUT2D eigenvalue weighted by Crippen LogP contribution is -2.52. The number of carbonyl (C=O) groups excluding carboxylic acids is 1. The van der Waals surface area contributed by atoms with Gasteiger partial charge in [0, 0.05) is 38.5 Å². The molecule has 1 aromatic rings. The van der Waals surface area contributed by atoms with E-state index in [4.69, 9.17) is 9.47 Å². The highest BCUT2D eigenvalue weighted by molar-refractivity contribution is 5.89. The highest BCUT2D eigenvalue weighted by Gasteiger charge is 2.27. The molecular formula is C20H33N3O3. The van der Waals surface area contributed by atoms with Crippen molar-refractivity contribution in [3.8, 4) is 0 Å². The molecule has 6 nitrogen and oxygen atoms in total. The minimum atomic E-state index is -0.163. The molecule has 0 aliphatic carbocycles. The van der Waals surface area contributed by atoms with E-state index < -0.39 is 0 Å². The number of urea groups is 1. The predicted octanol–water partition coefficient (Wildman–Crippen LogP) is 3.09. The van der Waals surface area contributed by atoms with Crippen LogP contribution in [0.2, 0.25) is 0 Å². The van der Waals surface area contributed by atoms with Crippen LogP contribution in [0.25, 0.3) is 0 Å². The molecule has 0 bridgehead atoms. The monoisotopic (exact) mass is 363 g/mol. The summed E-state index contributed by atoms with van der Waals surface area (Å²) >= 11 is 0. The summed E-state index contributed by atoms with van der Waals surface area (Å²) in [5.41, 5.74) is 1.82. The number of methoxy groups -OCH3 is 1. The number of anilines is 1. The molecule has 1 unspecified atom stereocenters. The van der Waals surface area contributed by atoms with Crippen molar-refractivity contribution in [1.82, 2.24) is 10.2 Å². The zero-order valence-corrected chi connectivity index (χ0v) is 16.3. The van der Waals surface area contributed by atoms with Crippen LogP contribution in [-0.2, 0) is 16.1 Å². The summed E-state index contributed by atoms with van der Waals surface area (Å²) in [6.07, 6.45) is 2.22. The van der Waals surface area contributed by atoms with Crippen LogP contribution in [0.15, 0.2) is 24.3 Å². The number of rotatable bonds is 9. The Morgan fingerprint density at radius 2 is 2.00 bits per heavy atom. The van der Waals surface area contributed by atoms with Crippen molar-refractivity contribution in [1.29, 1.82) is 0 Å². The van der Waals surface area contributed by atoms with Crippen molar-refractivity contribution in [2.45, 2.75) is 39.3 Å². The molecule has 1 fully saturated rings. The van der Waals surface area contributed by atoms with Gasteiger partial charge >= 0.3 is 6.03 Å². The zero-order chi connectivity index (χ0) is 18.8. The fraction of sp³-hybridized carbons (Fsp3) is 0.650. The van der Waals surface area contributed by atoms with E-state index in [2.05, 4.69) is 29.4 Å². The van der Waals surface area contributed by atoms with Gasteiger partial charge in [0.05, 0.1) is 19.8 Å². The molecule has 0 aromatic heterocycles. The predicted molar refractivity (Wildman–Crippen MR) is 104 cm³/mol. The summed E-state index contributed by atoms with van der Waals surface area (Å²) in [7, 11) is 1.66. The van der Waals surface area contributed by atoms with Gasteiger partial charge in [-0.1, -0.05) is 38.8 Å². The van der Waals surface area contributed by atoms with E-state index in [1.54, 1.807) is 7.11 Å². The van der Waals surface area contributed by atoms with Crippen molar-refractivity contribution in [3.05, 3.63) is 29.8 Å². The quantitative estimate of drug-likeness (QED) is 0.708. The summed E-state index contributed by atoms with van der Waals surface area (Å²) < 4.78 is 10.6. The lowest BCUT2D eigenvalue weighted by Gasteiger charge is -2.38. The van der Waals surface area contributed by atoms with Crippen LogP contribution in [0, 0.1) is 5.92 Å². The van der Waals surface area contributed by atoms with Crippen molar-refractivity contribution in [3.63, 3.8) is 0 Å². The smallest absolute Gasteiger partial charge is 0.319 e. The second kappa shape index (κ2) is 11.2. The third kappa shape index (κ3) is 6.27. The van der Waals surface area contributed by atoms with Gasteiger partial charge in [0.25, 0.3) is 0 Å². The molecule has 0 spiro atoms. The van der Waals surface area contributed by atoms with Gasteiger partial charge in [0.2, 0.25) is 0 Å². The number of nitrogens with one attached hydrogen (secondary N) is 2. The highest BCUT2D eigenvalue weighted by Crippen LogP contribution is 2.19. The number of ether oxygens (including phenoxy) is 2. The van der Waals surface area contributed by atoms with E-state index in [0.717, 1.165) is 50.4 Å². The van der Waals surface area contributed by atoms with Gasteiger partial charge in [-0.05, 0) is 23.6 Å². The fourth-order valence-corrected chi connectivity index (χ4v) is 3.61. The molecule has 1 aromatic carbocycles. The molecule has 1 heterocycles. The Morgan fingerprint density at radius 3 is 2.65 bits per heavy atom. The summed E-state index contributed by atoms with van der Waals surface area (Å²) in [5.74, 6) is 0.568. The van der Waals surface area contributed by atoms with Gasteiger partial charge in [-0.25, -0.2) is 4.79 Å². The summed E-state index contributed by atoms with van der Waals surface area (Å²) in [6, 6.07) is 7.91. The average molecular weight is 364 g/mol. The number of carbonyl (C=O) groups is 1. The van der Waals surface area contributed by atoms with Crippen LogP contribution in [0.1, 0.15) is 32.3 Å². The average Bonchev–Trinajstić information content (AvgIpc) is 2.66. The van der Waals surface area contributed by atoms with E-state index in [-0.39, 0.29) is 6.03 Å². The fourth-order valence-electron chi connectivity index (χ4n) is 3.61. The maximum Gasteiger partial charge on any atom is 0.319 e. The van der Waals surface area contributed by atoms with Gasteiger partial charge in [-0.2, -0.15) is 0 Å². The largest absolute Gasteiger partial charge is 0.380 e. The molecule has 26 heavy (non-hydrogen) atoms. The van der Waals surface area contributed by atoms with Gasteiger partial charge < -0.3 is 20.1 Å². The Hall–Kier alpha value is -1.63. The van der Waals surface area contributed by atoms with Crippen molar-refractivity contribution in [2.75, 3.05) is 45.3 Å². The standard InChI is InChI=1S/C20H33N3O3/c1-4-17(5-2)19(23-9-11-26-12-10-23)14-21-20(24)22-18-8-6-7-16(13-18)15-25-3/h6-8,13,17,19H,4-5,9-12,14-15H2,1-3H3,(H2,21,22,24). The lowest BCUT2D eigenvalue weighted by atomic mass is 9.92. The second-order valence-corrected chi connectivity index (χ2v) is 6.76. The van der Waals surface area contributed by atoms with Crippen LogP contribution in [0.4, 0.5) is 10.5 Å². The minimum Gasteiger partial charge on any atom is -0.380 e. The number of benzene rings is 1. The van der Waals surface area contributed by atoms with E-state index in [1.165, 1.54) is 0 Å². The molecule has 6 heteroatoms. The minimum absolute atomic E-state index is 0.163. The third-order valence-corrected chi connectivity index (χ3v) is 5.08.